The molecule has 3 rings (SSSR count). The molecule has 1 saturated carbocycles. The fraction of sp³-hybridized carbons (Fsp3) is 0.533. The molecule has 1 atom stereocenters. The number of rotatable bonds is 5. The number of nitrogens with zero attached hydrogens (tertiary/aromatic N) is 3. The van der Waals surface area contributed by atoms with Gasteiger partial charge in [-0.25, -0.2) is 0 Å². The van der Waals surface area contributed by atoms with Gasteiger partial charge in [-0.15, -0.1) is 0 Å². The van der Waals surface area contributed by atoms with Crippen LogP contribution in [-0.2, 0) is 12.8 Å². The van der Waals surface area contributed by atoms with Gasteiger partial charge in [-0.05, 0) is 30.9 Å². The van der Waals surface area contributed by atoms with Gasteiger partial charge in [-0.3, -0.25) is 4.98 Å². The van der Waals surface area contributed by atoms with Gasteiger partial charge in [0.2, 0.25) is 5.89 Å². The first-order valence-corrected chi connectivity index (χ1v) is 7.20. The van der Waals surface area contributed by atoms with Gasteiger partial charge in [0.15, 0.2) is 5.82 Å². The Hall–Kier alpha value is -1.75. The summed E-state index contributed by atoms with van der Waals surface area (Å²) in [5.41, 5.74) is 0.913. The topological polar surface area (TPSA) is 72.0 Å². The van der Waals surface area contributed by atoms with E-state index in [0.29, 0.717) is 30.5 Å². The molecule has 0 aliphatic heterocycles. The maximum Gasteiger partial charge on any atom is 0.229 e. The van der Waals surface area contributed by atoms with Crippen LogP contribution in [0.25, 0.3) is 0 Å². The van der Waals surface area contributed by atoms with E-state index in [1.807, 2.05) is 18.2 Å². The smallest absolute Gasteiger partial charge is 0.229 e. The molecule has 5 nitrogen and oxygen atoms in total. The van der Waals surface area contributed by atoms with Crippen LogP contribution in [0, 0.1) is 5.92 Å². The van der Waals surface area contributed by atoms with Crippen molar-refractivity contribution in [2.75, 3.05) is 0 Å². The number of pyridine rings is 1. The van der Waals surface area contributed by atoms with E-state index in [2.05, 4.69) is 15.1 Å². The first kappa shape index (κ1) is 13.2. The third-order valence-electron chi connectivity index (χ3n) is 3.90. The lowest BCUT2D eigenvalue weighted by atomic mass is 9.98. The Balaban J connectivity index is 1.59. The number of aromatic nitrogens is 3. The van der Waals surface area contributed by atoms with Crippen molar-refractivity contribution >= 4 is 0 Å². The Morgan fingerprint density at radius 3 is 2.90 bits per heavy atom. The molecule has 0 aromatic carbocycles. The quantitative estimate of drug-likeness (QED) is 0.903. The van der Waals surface area contributed by atoms with Crippen molar-refractivity contribution in [2.45, 2.75) is 44.6 Å². The number of aliphatic hydroxyl groups excluding tert-OH is 1. The summed E-state index contributed by atoms with van der Waals surface area (Å²) >= 11 is 0. The summed E-state index contributed by atoms with van der Waals surface area (Å²) in [4.78, 5) is 8.58. The molecule has 1 aliphatic carbocycles. The highest BCUT2D eigenvalue weighted by Gasteiger charge is 2.25. The lowest BCUT2D eigenvalue weighted by Crippen LogP contribution is -2.20. The molecular weight excluding hydrogens is 254 g/mol. The predicted molar refractivity (Wildman–Crippen MR) is 73.0 cm³/mol. The van der Waals surface area contributed by atoms with Crippen LogP contribution in [0.1, 0.15) is 43.1 Å². The van der Waals surface area contributed by atoms with Crippen LogP contribution in [0.3, 0.4) is 0 Å². The van der Waals surface area contributed by atoms with Gasteiger partial charge in [0.05, 0.1) is 18.9 Å². The van der Waals surface area contributed by atoms with Crippen LogP contribution < -0.4 is 0 Å². The first-order chi connectivity index (χ1) is 9.81. The van der Waals surface area contributed by atoms with Crippen LogP contribution in [0.2, 0.25) is 0 Å². The highest BCUT2D eigenvalue weighted by Crippen LogP contribution is 2.28. The molecule has 1 unspecified atom stereocenters. The van der Waals surface area contributed by atoms with Crippen molar-refractivity contribution in [1.82, 2.24) is 15.1 Å². The number of hydrogen-bond acceptors (Lipinski definition) is 5. The summed E-state index contributed by atoms with van der Waals surface area (Å²) in [6.45, 7) is 0. The Kier molecular flexibility index (Phi) is 4.06. The summed E-state index contributed by atoms with van der Waals surface area (Å²) in [6.07, 6.45) is 7.06. The van der Waals surface area contributed by atoms with Crippen molar-refractivity contribution in [3.63, 3.8) is 0 Å². The zero-order valence-electron chi connectivity index (χ0n) is 11.4. The van der Waals surface area contributed by atoms with Gasteiger partial charge in [0, 0.05) is 11.9 Å². The molecule has 0 amide bonds. The van der Waals surface area contributed by atoms with Crippen LogP contribution in [0.4, 0.5) is 0 Å². The third-order valence-corrected chi connectivity index (χ3v) is 3.90. The summed E-state index contributed by atoms with van der Waals surface area (Å²) in [5, 5.41) is 14.1. The molecule has 1 aliphatic rings. The average Bonchev–Trinajstić information content (AvgIpc) is 3.11. The second kappa shape index (κ2) is 6.13. The van der Waals surface area contributed by atoms with Gasteiger partial charge >= 0.3 is 0 Å². The first-order valence-electron chi connectivity index (χ1n) is 7.20. The largest absolute Gasteiger partial charge is 0.392 e. The van der Waals surface area contributed by atoms with Crippen LogP contribution >= 0.6 is 0 Å². The van der Waals surface area contributed by atoms with Crippen LogP contribution in [0.15, 0.2) is 28.9 Å². The molecule has 0 saturated heterocycles. The van der Waals surface area contributed by atoms with Gasteiger partial charge in [0.25, 0.3) is 0 Å². The summed E-state index contributed by atoms with van der Waals surface area (Å²) in [7, 11) is 0. The van der Waals surface area contributed by atoms with E-state index in [0.717, 1.165) is 18.5 Å². The van der Waals surface area contributed by atoms with Crippen LogP contribution in [-0.4, -0.2) is 26.3 Å². The molecule has 5 heteroatoms. The average molecular weight is 273 g/mol. The van der Waals surface area contributed by atoms with Crippen molar-refractivity contribution in [1.29, 1.82) is 0 Å². The fourth-order valence-corrected chi connectivity index (χ4v) is 2.80. The zero-order chi connectivity index (χ0) is 13.8. The summed E-state index contributed by atoms with van der Waals surface area (Å²) in [6, 6.07) is 5.75. The molecule has 2 aromatic rings. The van der Waals surface area contributed by atoms with Crippen molar-refractivity contribution < 1.29 is 9.63 Å². The maximum absolute atomic E-state index is 10.2. The van der Waals surface area contributed by atoms with E-state index in [-0.39, 0.29) is 6.10 Å². The van der Waals surface area contributed by atoms with Gasteiger partial charge < -0.3 is 9.63 Å². The highest BCUT2D eigenvalue weighted by atomic mass is 16.5. The molecular formula is C15H19N3O2. The van der Waals surface area contributed by atoms with Crippen molar-refractivity contribution in [3.8, 4) is 0 Å². The minimum atomic E-state index is -0.361. The summed E-state index contributed by atoms with van der Waals surface area (Å²) in [5.74, 6) is 1.54. The molecule has 20 heavy (non-hydrogen) atoms. The van der Waals surface area contributed by atoms with Gasteiger partial charge in [-0.1, -0.05) is 24.1 Å². The number of hydrogen-bond donors (Lipinski definition) is 1. The molecule has 0 radical (unpaired) electrons. The molecule has 1 fully saturated rings. The standard InChI is InChI=1S/C15H19N3O2/c19-13(11-5-1-2-6-11)10-15-17-14(18-20-15)9-12-7-3-4-8-16-12/h3-4,7-8,11,13,19H,1-2,5-6,9-10H2. The molecule has 0 spiro atoms. The van der Waals surface area contributed by atoms with E-state index in [9.17, 15) is 5.11 Å². The Bertz CT molecular complexity index is 535. The van der Waals surface area contributed by atoms with Crippen molar-refractivity contribution in [2.24, 2.45) is 5.92 Å². The monoisotopic (exact) mass is 273 g/mol. The Morgan fingerprint density at radius 2 is 2.15 bits per heavy atom. The minimum Gasteiger partial charge on any atom is -0.392 e. The predicted octanol–water partition coefficient (Wildman–Crippen LogP) is 2.15. The molecule has 2 heterocycles. The highest BCUT2D eigenvalue weighted by molar-refractivity contribution is 5.09. The van der Waals surface area contributed by atoms with E-state index in [1.165, 1.54) is 12.8 Å². The second-order valence-electron chi connectivity index (χ2n) is 5.42. The van der Waals surface area contributed by atoms with E-state index >= 15 is 0 Å². The molecule has 1 N–H and O–H groups in total. The molecule has 2 aromatic heterocycles. The zero-order valence-corrected chi connectivity index (χ0v) is 11.4. The summed E-state index contributed by atoms with van der Waals surface area (Å²) < 4.78 is 5.22. The number of aliphatic hydroxyl groups is 1. The Morgan fingerprint density at radius 1 is 1.30 bits per heavy atom. The maximum atomic E-state index is 10.2. The lowest BCUT2D eigenvalue weighted by Gasteiger charge is -2.14. The van der Waals surface area contributed by atoms with Crippen molar-refractivity contribution in [3.05, 3.63) is 41.8 Å². The van der Waals surface area contributed by atoms with E-state index in [4.69, 9.17) is 4.52 Å². The Labute approximate surface area is 118 Å². The minimum absolute atomic E-state index is 0.361. The molecule has 106 valence electrons. The van der Waals surface area contributed by atoms with E-state index in [1.54, 1.807) is 6.20 Å². The van der Waals surface area contributed by atoms with Gasteiger partial charge in [-0.2, -0.15) is 4.98 Å². The second-order valence-corrected chi connectivity index (χ2v) is 5.42. The lowest BCUT2D eigenvalue weighted by molar-refractivity contribution is 0.102. The van der Waals surface area contributed by atoms with Gasteiger partial charge in [0.1, 0.15) is 0 Å². The normalized spacial score (nSPS) is 17.4. The molecule has 0 bridgehead atoms. The third kappa shape index (κ3) is 3.22. The van der Waals surface area contributed by atoms with Crippen LogP contribution in [0.5, 0.6) is 0 Å². The van der Waals surface area contributed by atoms with E-state index < -0.39 is 0 Å². The fourth-order valence-electron chi connectivity index (χ4n) is 2.80. The SMILES string of the molecule is OC(Cc1nc(Cc2ccccn2)no1)C1CCCC1.